The third kappa shape index (κ3) is 5.86. The van der Waals surface area contributed by atoms with E-state index in [4.69, 9.17) is 0 Å². The average molecular weight is 451 g/mol. The number of aliphatic imine (C=N–C) groups is 1. The van der Waals surface area contributed by atoms with Crippen molar-refractivity contribution in [3.05, 3.63) is 16.1 Å². The van der Waals surface area contributed by atoms with Crippen LogP contribution in [0, 0.1) is 0 Å². The molecule has 0 bridgehead atoms. The monoisotopic (exact) mass is 451 g/mol. The number of hydrogen-bond acceptors (Lipinski definition) is 4. The fourth-order valence-corrected chi connectivity index (χ4v) is 3.86. The molecule has 0 aromatic carbocycles. The second kappa shape index (κ2) is 10.5. The molecule has 5 nitrogen and oxygen atoms in total. The molecule has 2 rings (SSSR count). The smallest absolute Gasteiger partial charge is 0.193 e. The molecule has 0 saturated carbocycles. The lowest BCUT2D eigenvalue weighted by atomic mass is 10.2. The van der Waals surface area contributed by atoms with Gasteiger partial charge in [-0.3, -0.25) is 9.89 Å². The van der Waals surface area contributed by atoms with Crippen molar-refractivity contribution in [3.63, 3.8) is 0 Å². The molecule has 1 N–H and O–H groups in total. The standard InChI is InChI=1S/C16H29N5S.HI/c1-5-14-10-18-15(22-14)11-19-16(17-3)20(4)12-13-8-7-9-21(13)6-2;/h10,13H,5-9,11-12H2,1-4H3,(H,17,19);1H. The lowest BCUT2D eigenvalue weighted by molar-refractivity contribution is 0.232. The summed E-state index contributed by atoms with van der Waals surface area (Å²) in [4.78, 5) is 15.0. The highest BCUT2D eigenvalue weighted by atomic mass is 127. The molecule has 1 aromatic heterocycles. The predicted molar refractivity (Wildman–Crippen MR) is 110 cm³/mol. The number of thiazole rings is 1. The number of nitrogens with one attached hydrogen (secondary N) is 1. The molecule has 1 aliphatic heterocycles. The second-order valence-electron chi connectivity index (χ2n) is 5.78. The van der Waals surface area contributed by atoms with Gasteiger partial charge in [-0.05, 0) is 32.4 Å². The Labute approximate surface area is 161 Å². The summed E-state index contributed by atoms with van der Waals surface area (Å²) in [6, 6.07) is 0.653. The highest BCUT2D eigenvalue weighted by Crippen LogP contribution is 2.17. The number of halogens is 1. The van der Waals surface area contributed by atoms with Crippen LogP contribution in [0.25, 0.3) is 0 Å². The van der Waals surface area contributed by atoms with Crippen molar-refractivity contribution in [2.75, 3.05) is 33.7 Å². The minimum absolute atomic E-state index is 0. The first-order valence-electron chi connectivity index (χ1n) is 8.27. The molecular formula is C16H30IN5S. The van der Waals surface area contributed by atoms with E-state index in [1.54, 1.807) is 11.3 Å². The first-order valence-corrected chi connectivity index (χ1v) is 9.09. The predicted octanol–water partition coefficient (Wildman–Crippen LogP) is 2.82. The van der Waals surface area contributed by atoms with Gasteiger partial charge in [-0.15, -0.1) is 35.3 Å². The topological polar surface area (TPSA) is 43.8 Å². The maximum absolute atomic E-state index is 4.46. The van der Waals surface area contributed by atoms with Crippen LogP contribution in [0.4, 0.5) is 0 Å². The van der Waals surface area contributed by atoms with E-state index < -0.39 is 0 Å². The van der Waals surface area contributed by atoms with Gasteiger partial charge in [0.25, 0.3) is 0 Å². The second-order valence-corrected chi connectivity index (χ2v) is 6.98. The summed E-state index contributed by atoms with van der Waals surface area (Å²) in [6.45, 7) is 8.58. The fourth-order valence-electron chi connectivity index (χ4n) is 3.05. The molecule has 0 spiro atoms. The molecule has 0 aliphatic carbocycles. The van der Waals surface area contributed by atoms with Gasteiger partial charge in [0.15, 0.2) is 5.96 Å². The van der Waals surface area contributed by atoms with E-state index in [2.05, 4.69) is 46.0 Å². The average Bonchev–Trinajstić information content (AvgIpc) is 3.16. The number of likely N-dealkylation sites (N-methyl/N-ethyl adjacent to an activating group) is 2. The molecule has 23 heavy (non-hydrogen) atoms. The van der Waals surface area contributed by atoms with Crippen molar-refractivity contribution >= 4 is 41.3 Å². The molecule has 1 aromatic rings. The summed E-state index contributed by atoms with van der Waals surface area (Å²) in [5.74, 6) is 0.955. The third-order valence-electron chi connectivity index (χ3n) is 4.31. The first-order chi connectivity index (χ1) is 10.7. The minimum atomic E-state index is 0. The lowest BCUT2D eigenvalue weighted by Gasteiger charge is -2.29. The highest BCUT2D eigenvalue weighted by molar-refractivity contribution is 14.0. The maximum atomic E-state index is 4.46. The Bertz CT molecular complexity index is 491. The number of guanidine groups is 1. The van der Waals surface area contributed by atoms with Gasteiger partial charge in [0, 0.05) is 37.8 Å². The van der Waals surface area contributed by atoms with Crippen molar-refractivity contribution in [2.45, 2.75) is 45.7 Å². The molecular weight excluding hydrogens is 421 g/mol. The molecule has 1 atom stereocenters. The third-order valence-corrected chi connectivity index (χ3v) is 5.45. The molecule has 1 aliphatic rings. The molecule has 1 unspecified atom stereocenters. The zero-order valence-corrected chi connectivity index (χ0v) is 17.9. The molecule has 0 radical (unpaired) electrons. The Hall–Kier alpha value is -0.410. The van der Waals surface area contributed by atoms with E-state index in [0.29, 0.717) is 6.04 Å². The van der Waals surface area contributed by atoms with Crippen molar-refractivity contribution < 1.29 is 0 Å². The van der Waals surface area contributed by atoms with E-state index in [1.807, 2.05) is 13.2 Å². The van der Waals surface area contributed by atoms with Crippen LogP contribution < -0.4 is 5.32 Å². The number of likely N-dealkylation sites (tertiary alicyclic amines) is 1. The van der Waals surface area contributed by atoms with E-state index in [-0.39, 0.29) is 24.0 Å². The summed E-state index contributed by atoms with van der Waals surface area (Å²) >= 11 is 1.78. The van der Waals surface area contributed by atoms with Gasteiger partial charge < -0.3 is 10.2 Å². The summed E-state index contributed by atoms with van der Waals surface area (Å²) < 4.78 is 0. The number of nitrogens with zero attached hydrogens (tertiary/aromatic N) is 4. The fraction of sp³-hybridized carbons (Fsp3) is 0.750. The number of rotatable bonds is 6. The Morgan fingerprint density at radius 1 is 1.52 bits per heavy atom. The van der Waals surface area contributed by atoms with Crippen LogP contribution in [0.1, 0.15) is 36.6 Å². The van der Waals surface area contributed by atoms with Crippen LogP contribution in [-0.2, 0) is 13.0 Å². The highest BCUT2D eigenvalue weighted by Gasteiger charge is 2.24. The Balaban J connectivity index is 0.00000264. The Morgan fingerprint density at radius 2 is 2.30 bits per heavy atom. The van der Waals surface area contributed by atoms with Crippen molar-refractivity contribution in [1.29, 1.82) is 0 Å². The van der Waals surface area contributed by atoms with Gasteiger partial charge in [0.05, 0.1) is 6.54 Å². The summed E-state index contributed by atoms with van der Waals surface area (Å²) in [6.07, 6.45) is 5.64. The summed E-state index contributed by atoms with van der Waals surface area (Å²) in [5.41, 5.74) is 0. The molecule has 1 saturated heterocycles. The van der Waals surface area contributed by atoms with Gasteiger partial charge in [-0.2, -0.15) is 0 Å². The van der Waals surface area contributed by atoms with Crippen LogP contribution >= 0.6 is 35.3 Å². The summed E-state index contributed by atoms with van der Waals surface area (Å²) in [7, 11) is 3.98. The zero-order chi connectivity index (χ0) is 15.9. The van der Waals surface area contributed by atoms with Gasteiger partial charge in [0.2, 0.25) is 0 Å². The number of hydrogen-bond donors (Lipinski definition) is 1. The van der Waals surface area contributed by atoms with E-state index >= 15 is 0 Å². The zero-order valence-electron chi connectivity index (χ0n) is 14.7. The van der Waals surface area contributed by atoms with Crippen LogP contribution in [-0.4, -0.2) is 60.5 Å². The van der Waals surface area contributed by atoms with E-state index in [1.165, 1.54) is 24.3 Å². The van der Waals surface area contributed by atoms with Crippen molar-refractivity contribution in [2.24, 2.45) is 4.99 Å². The Morgan fingerprint density at radius 3 is 2.91 bits per heavy atom. The lowest BCUT2D eigenvalue weighted by Crippen LogP contribution is -2.45. The van der Waals surface area contributed by atoms with Crippen molar-refractivity contribution in [1.82, 2.24) is 20.1 Å². The van der Waals surface area contributed by atoms with Gasteiger partial charge in [0.1, 0.15) is 5.01 Å². The summed E-state index contributed by atoms with van der Waals surface area (Å²) in [5, 5.41) is 4.56. The van der Waals surface area contributed by atoms with Crippen LogP contribution in [0.2, 0.25) is 0 Å². The van der Waals surface area contributed by atoms with Gasteiger partial charge >= 0.3 is 0 Å². The number of aromatic nitrogens is 1. The minimum Gasteiger partial charge on any atom is -0.350 e. The normalized spacial score (nSPS) is 18.8. The largest absolute Gasteiger partial charge is 0.350 e. The molecule has 7 heteroatoms. The molecule has 1 fully saturated rings. The quantitative estimate of drug-likeness (QED) is 0.411. The SMILES string of the molecule is CCc1cnc(CNC(=NC)N(C)CC2CCCN2CC)s1.I. The molecule has 0 amide bonds. The molecule has 2 heterocycles. The van der Waals surface area contributed by atoms with E-state index in [9.17, 15) is 0 Å². The number of aryl methyl sites for hydroxylation is 1. The first kappa shape index (κ1) is 20.6. The van der Waals surface area contributed by atoms with Crippen LogP contribution in [0.15, 0.2) is 11.2 Å². The van der Waals surface area contributed by atoms with Gasteiger partial charge in [-0.25, -0.2) is 4.98 Å². The van der Waals surface area contributed by atoms with Gasteiger partial charge in [-0.1, -0.05) is 13.8 Å². The Kier molecular flexibility index (Phi) is 9.38. The van der Waals surface area contributed by atoms with Crippen LogP contribution in [0.3, 0.4) is 0 Å². The van der Waals surface area contributed by atoms with Crippen molar-refractivity contribution in [3.8, 4) is 0 Å². The maximum Gasteiger partial charge on any atom is 0.193 e. The molecule has 132 valence electrons. The van der Waals surface area contributed by atoms with Crippen LogP contribution in [0.5, 0.6) is 0 Å². The van der Waals surface area contributed by atoms with E-state index in [0.717, 1.165) is 37.0 Å².